The predicted molar refractivity (Wildman–Crippen MR) is 108 cm³/mol. The number of nitrogens with zero attached hydrogens (tertiary/aromatic N) is 1. The van der Waals surface area contributed by atoms with E-state index >= 15 is 0 Å². The lowest BCUT2D eigenvalue weighted by Gasteiger charge is -2.27. The molecule has 0 bridgehead atoms. The summed E-state index contributed by atoms with van der Waals surface area (Å²) in [6, 6.07) is 0.0752. The molecule has 1 heterocycles. The van der Waals surface area contributed by atoms with Gasteiger partial charge in [-0.1, -0.05) is 25.4 Å². The minimum absolute atomic E-state index is 0.0487. The van der Waals surface area contributed by atoms with E-state index in [0.29, 0.717) is 24.1 Å². The van der Waals surface area contributed by atoms with Gasteiger partial charge in [0, 0.05) is 18.2 Å². The highest BCUT2D eigenvalue weighted by molar-refractivity contribution is 5.88. The molecule has 2 aliphatic carbocycles. The standard InChI is InChI=1S/C22H35N3O3/c1-13(2)17(24-20(27)22-10-7-8-16(22)12-22)9-11-23-19(26)21(5,6)18-14(3)25-28-15(18)4/h13,16-17H,7-12H2,1-6H3,(H,23,26)(H,24,27)/t16-,17-,22-/m1/s1. The molecular formula is C22H35N3O3. The number of fused-ring (bicyclic) bond motifs is 1. The molecule has 0 aliphatic heterocycles. The third kappa shape index (κ3) is 3.70. The molecule has 0 aromatic carbocycles. The molecule has 2 fully saturated rings. The van der Waals surface area contributed by atoms with E-state index in [-0.39, 0.29) is 23.3 Å². The lowest BCUT2D eigenvalue weighted by molar-refractivity contribution is -0.127. The molecule has 0 unspecified atom stereocenters. The molecule has 2 N–H and O–H groups in total. The number of aryl methyl sites for hydroxylation is 2. The molecule has 28 heavy (non-hydrogen) atoms. The number of hydrogen-bond acceptors (Lipinski definition) is 4. The van der Waals surface area contributed by atoms with Crippen molar-refractivity contribution in [3.63, 3.8) is 0 Å². The van der Waals surface area contributed by atoms with Gasteiger partial charge in [-0.3, -0.25) is 9.59 Å². The van der Waals surface area contributed by atoms with Crippen LogP contribution in [0, 0.1) is 31.1 Å². The molecule has 1 aromatic heterocycles. The summed E-state index contributed by atoms with van der Waals surface area (Å²) in [4.78, 5) is 25.6. The fourth-order valence-electron chi connectivity index (χ4n) is 5.06. The van der Waals surface area contributed by atoms with Crippen molar-refractivity contribution in [1.82, 2.24) is 15.8 Å². The molecule has 0 radical (unpaired) electrons. The Morgan fingerprint density at radius 2 is 2.04 bits per heavy atom. The van der Waals surface area contributed by atoms with Crippen LogP contribution in [-0.4, -0.2) is 29.6 Å². The molecule has 2 saturated carbocycles. The largest absolute Gasteiger partial charge is 0.361 e. The van der Waals surface area contributed by atoms with Crippen molar-refractivity contribution >= 4 is 11.8 Å². The molecule has 6 nitrogen and oxygen atoms in total. The number of carbonyl (C=O) groups is 2. The van der Waals surface area contributed by atoms with Gasteiger partial charge < -0.3 is 15.2 Å². The van der Waals surface area contributed by atoms with Crippen LogP contribution in [0.5, 0.6) is 0 Å². The highest BCUT2D eigenvalue weighted by Gasteiger charge is 2.62. The molecule has 2 aliphatic rings. The summed E-state index contributed by atoms with van der Waals surface area (Å²) in [5.41, 5.74) is 0.815. The van der Waals surface area contributed by atoms with Crippen molar-refractivity contribution in [2.75, 3.05) is 6.54 Å². The van der Waals surface area contributed by atoms with Gasteiger partial charge in [-0.15, -0.1) is 0 Å². The normalized spacial score (nSPS) is 24.8. The van der Waals surface area contributed by atoms with Gasteiger partial charge in [0.15, 0.2) is 0 Å². The van der Waals surface area contributed by atoms with Crippen LogP contribution in [0.15, 0.2) is 4.52 Å². The van der Waals surface area contributed by atoms with Crippen molar-refractivity contribution in [1.29, 1.82) is 0 Å². The molecule has 6 heteroatoms. The number of carbonyl (C=O) groups excluding carboxylic acids is 2. The fourth-order valence-corrected chi connectivity index (χ4v) is 5.06. The van der Waals surface area contributed by atoms with Gasteiger partial charge in [-0.25, -0.2) is 0 Å². The first-order chi connectivity index (χ1) is 13.1. The Kier molecular flexibility index (Phi) is 5.61. The second-order valence-electron chi connectivity index (χ2n) is 9.64. The van der Waals surface area contributed by atoms with Crippen LogP contribution in [0.3, 0.4) is 0 Å². The summed E-state index contributed by atoms with van der Waals surface area (Å²) in [5, 5.41) is 10.3. The van der Waals surface area contributed by atoms with Gasteiger partial charge in [0.05, 0.1) is 16.5 Å². The lowest BCUT2D eigenvalue weighted by atomic mass is 9.82. The first-order valence-electron chi connectivity index (χ1n) is 10.6. The van der Waals surface area contributed by atoms with Crippen molar-refractivity contribution in [3.05, 3.63) is 17.0 Å². The summed E-state index contributed by atoms with van der Waals surface area (Å²) in [5.74, 6) is 1.80. The molecule has 3 rings (SSSR count). The smallest absolute Gasteiger partial charge is 0.230 e. The third-order valence-corrected chi connectivity index (χ3v) is 6.95. The highest BCUT2D eigenvalue weighted by atomic mass is 16.5. The lowest BCUT2D eigenvalue weighted by Crippen LogP contribution is -2.46. The van der Waals surface area contributed by atoms with Crippen molar-refractivity contribution < 1.29 is 14.1 Å². The van der Waals surface area contributed by atoms with Crippen LogP contribution in [0.1, 0.15) is 76.8 Å². The second-order valence-corrected chi connectivity index (χ2v) is 9.64. The Hall–Kier alpha value is -1.85. The maximum absolute atomic E-state index is 12.8. The van der Waals surface area contributed by atoms with Gasteiger partial charge in [0.2, 0.25) is 11.8 Å². The first kappa shape index (κ1) is 20.9. The average molecular weight is 390 g/mol. The second kappa shape index (κ2) is 7.53. The Morgan fingerprint density at radius 3 is 2.54 bits per heavy atom. The summed E-state index contributed by atoms with van der Waals surface area (Å²) in [6.07, 6.45) is 5.21. The van der Waals surface area contributed by atoms with Gasteiger partial charge in [0.25, 0.3) is 0 Å². The van der Waals surface area contributed by atoms with E-state index in [2.05, 4.69) is 29.6 Å². The number of nitrogens with one attached hydrogen (secondary N) is 2. The van der Waals surface area contributed by atoms with Crippen molar-refractivity contribution in [2.45, 2.75) is 85.1 Å². The minimum atomic E-state index is -0.714. The van der Waals surface area contributed by atoms with E-state index in [1.165, 1.54) is 12.8 Å². The zero-order valence-corrected chi connectivity index (χ0v) is 18.1. The zero-order valence-electron chi connectivity index (χ0n) is 18.1. The van der Waals surface area contributed by atoms with Gasteiger partial charge in [0.1, 0.15) is 5.76 Å². The highest BCUT2D eigenvalue weighted by Crippen LogP contribution is 2.63. The number of hydrogen-bond donors (Lipinski definition) is 2. The number of aromatic nitrogens is 1. The molecule has 3 atom stereocenters. The number of amides is 2. The quantitative estimate of drug-likeness (QED) is 0.714. The summed E-state index contributed by atoms with van der Waals surface area (Å²) >= 11 is 0. The zero-order chi connectivity index (χ0) is 20.7. The van der Waals surface area contributed by atoms with Crippen LogP contribution in [0.4, 0.5) is 0 Å². The third-order valence-electron chi connectivity index (χ3n) is 6.95. The van der Waals surface area contributed by atoms with Crippen LogP contribution in [0.25, 0.3) is 0 Å². The Morgan fingerprint density at radius 1 is 1.32 bits per heavy atom. The predicted octanol–water partition coefficient (Wildman–Crippen LogP) is 3.41. The Bertz CT molecular complexity index is 733. The molecule has 2 amide bonds. The maximum Gasteiger partial charge on any atom is 0.230 e. The van der Waals surface area contributed by atoms with Crippen LogP contribution in [0.2, 0.25) is 0 Å². The van der Waals surface area contributed by atoms with E-state index in [9.17, 15) is 9.59 Å². The van der Waals surface area contributed by atoms with E-state index in [1.807, 2.05) is 27.7 Å². The van der Waals surface area contributed by atoms with E-state index < -0.39 is 5.41 Å². The average Bonchev–Trinajstić information content (AvgIpc) is 2.99. The molecule has 156 valence electrons. The molecule has 0 saturated heterocycles. The van der Waals surface area contributed by atoms with Gasteiger partial charge >= 0.3 is 0 Å². The maximum atomic E-state index is 12.8. The topological polar surface area (TPSA) is 84.2 Å². The van der Waals surface area contributed by atoms with E-state index in [1.54, 1.807) is 0 Å². The monoisotopic (exact) mass is 389 g/mol. The molecule has 0 spiro atoms. The van der Waals surface area contributed by atoms with Gasteiger partial charge in [-0.05, 0) is 65.2 Å². The van der Waals surface area contributed by atoms with Crippen LogP contribution >= 0.6 is 0 Å². The van der Waals surface area contributed by atoms with E-state index in [4.69, 9.17) is 4.52 Å². The van der Waals surface area contributed by atoms with Crippen LogP contribution in [-0.2, 0) is 15.0 Å². The molecular weight excluding hydrogens is 354 g/mol. The first-order valence-corrected chi connectivity index (χ1v) is 10.6. The van der Waals surface area contributed by atoms with E-state index in [0.717, 1.165) is 30.5 Å². The summed E-state index contributed by atoms with van der Waals surface area (Å²) < 4.78 is 5.23. The Labute approximate surface area is 168 Å². The summed E-state index contributed by atoms with van der Waals surface area (Å²) in [7, 11) is 0. The van der Waals surface area contributed by atoms with Crippen molar-refractivity contribution in [2.24, 2.45) is 17.3 Å². The summed E-state index contributed by atoms with van der Waals surface area (Å²) in [6.45, 7) is 12.3. The Balaban J connectivity index is 1.54. The van der Waals surface area contributed by atoms with Crippen LogP contribution < -0.4 is 10.6 Å². The van der Waals surface area contributed by atoms with Gasteiger partial charge in [-0.2, -0.15) is 0 Å². The SMILES string of the molecule is Cc1noc(C)c1C(C)(C)C(=O)NCC[C@@H](NC(=O)[C@@]12CCC[C@@H]1C2)C(C)C. The molecule has 1 aromatic rings. The fraction of sp³-hybridized carbons (Fsp3) is 0.773. The van der Waals surface area contributed by atoms with Crippen molar-refractivity contribution in [3.8, 4) is 0 Å². The number of rotatable bonds is 8. The minimum Gasteiger partial charge on any atom is -0.361 e.